The normalized spacial score (nSPS) is 33.6. The van der Waals surface area contributed by atoms with E-state index in [1.54, 1.807) is 6.92 Å². The summed E-state index contributed by atoms with van der Waals surface area (Å²) in [7, 11) is 0. The molecule has 0 radical (unpaired) electrons. The van der Waals surface area contributed by atoms with Crippen LogP contribution in [0.25, 0.3) is 0 Å². The van der Waals surface area contributed by atoms with Crippen LogP contribution in [0.1, 0.15) is 12.0 Å². The third kappa shape index (κ3) is 2.72. The number of allylic oxidation sites excluding steroid dienone is 2. The van der Waals surface area contributed by atoms with Crippen molar-refractivity contribution in [3.8, 4) is 0 Å². The molecule has 1 aliphatic heterocycles. The van der Waals surface area contributed by atoms with Crippen molar-refractivity contribution in [1.29, 1.82) is 0 Å². The molecule has 6 rings (SSSR count). The van der Waals surface area contributed by atoms with Crippen molar-refractivity contribution in [2.75, 3.05) is 11.6 Å². The summed E-state index contributed by atoms with van der Waals surface area (Å²) in [5.41, 5.74) is 0.508. The van der Waals surface area contributed by atoms with Gasteiger partial charge in [-0.15, -0.1) is 0 Å². The summed E-state index contributed by atoms with van der Waals surface area (Å²) in [6, 6.07) is 4.04. The van der Waals surface area contributed by atoms with Gasteiger partial charge in [0.1, 0.15) is 6.67 Å². The number of carbonyl (C=O) groups excluding carboxylic acids is 3. The molecule has 4 aliphatic carbocycles. The number of imide groups is 1. The van der Waals surface area contributed by atoms with Crippen LogP contribution in [0.4, 0.5) is 18.9 Å². The van der Waals surface area contributed by atoms with Crippen LogP contribution in [0.2, 0.25) is 5.02 Å². The molecule has 1 saturated heterocycles. The summed E-state index contributed by atoms with van der Waals surface area (Å²) < 4.78 is 39.9. The van der Waals surface area contributed by atoms with Crippen LogP contribution in [0, 0.1) is 42.4 Å². The Bertz CT molecular complexity index is 972. The van der Waals surface area contributed by atoms with Crippen LogP contribution >= 0.6 is 11.6 Å². The van der Waals surface area contributed by atoms with Crippen LogP contribution in [0.3, 0.4) is 0 Å². The van der Waals surface area contributed by atoms with Crippen LogP contribution in [-0.4, -0.2) is 35.5 Å². The van der Waals surface area contributed by atoms with Crippen molar-refractivity contribution in [3.05, 3.63) is 40.9 Å². The van der Waals surface area contributed by atoms with Crippen LogP contribution in [-0.2, 0) is 14.4 Å². The molecule has 30 heavy (non-hydrogen) atoms. The quantitative estimate of drug-likeness (QED) is 0.535. The molecule has 3 fully saturated rings. The fraction of sp³-hybridized carbons (Fsp3) is 0.476. The van der Waals surface area contributed by atoms with Gasteiger partial charge in [-0.1, -0.05) is 29.8 Å². The number of hydrogen-bond acceptors (Lipinski definition) is 3. The molecule has 1 aromatic carbocycles. The zero-order valence-electron chi connectivity index (χ0n) is 15.9. The van der Waals surface area contributed by atoms with Gasteiger partial charge in [0.25, 0.3) is 0 Å². The molecular weight excluding hydrogens is 421 g/mol. The summed E-state index contributed by atoms with van der Waals surface area (Å²) in [4.78, 5) is 39.6. The zero-order chi connectivity index (χ0) is 21.5. The van der Waals surface area contributed by atoms with Gasteiger partial charge in [0.05, 0.1) is 11.8 Å². The van der Waals surface area contributed by atoms with Crippen LogP contribution in [0.5, 0.6) is 0 Å². The second kappa shape index (κ2) is 6.33. The van der Waals surface area contributed by atoms with E-state index >= 15 is 0 Å². The minimum atomic E-state index is -5.17. The lowest BCUT2D eigenvalue weighted by atomic mass is 9.63. The molecule has 2 bridgehead atoms. The summed E-state index contributed by atoms with van der Waals surface area (Å²) in [6.07, 6.45) is -0.227. The molecule has 5 aliphatic rings. The van der Waals surface area contributed by atoms with Crippen molar-refractivity contribution in [2.45, 2.75) is 19.5 Å². The van der Waals surface area contributed by atoms with E-state index in [0.717, 1.165) is 11.3 Å². The van der Waals surface area contributed by atoms with E-state index in [-0.39, 0.29) is 22.5 Å². The van der Waals surface area contributed by atoms with Crippen molar-refractivity contribution < 1.29 is 27.6 Å². The lowest BCUT2D eigenvalue weighted by Gasteiger charge is -2.37. The van der Waals surface area contributed by atoms with Gasteiger partial charge in [-0.3, -0.25) is 24.2 Å². The minimum Gasteiger partial charge on any atom is -0.286 e. The Labute approximate surface area is 175 Å². The standard InChI is InChI=1S/C21H18ClF3N2O3/c1-9-2-3-10(6-15(9)22)26(20(30)21(23,24)25)8-27-18(28)16-11-4-5-12(14-7-13(11)14)17(16)19(27)29/h2-6,11-14,16-17H,7-8H2,1H3/t11-,12-,13-,14-,16+,17+/m0/s1. The molecule has 1 aromatic rings. The largest absolute Gasteiger partial charge is 0.471 e. The van der Waals surface area contributed by atoms with E-state index in [1.165, 1.54) is 18.2 Å². The van der Waals surface area contributed by atoms with Crippen molar-refractivity contribution in [1.82, 2.24) is 4.90 Å². The first kappa shape index (κ1) is 19.6. The lowest BCUT2D eigenvalue weighted by molar-refractivity contribution is -0.171. The van der Waals surface area contributed by atoms with E-state index in [0.29, 0.717) is 22.3 Å². The van der Waals surface area contributed by atoms with E-state index < -0.39 is 42.4 Å². The van der Waals surface area contributed by atoms with Gasteiger partial charge in [0, 0.05) is 10.7 Å². The van der Waals surface area contributed by atoms with E-state index in [9.17, 15) is 27.6 Å². The number of aryl methyl sites for hydroxylation is 1. The molecule has 3 amide bonds. The first-order chi connectivity index (χ1) is 14.1. The van der Waals surface area contributed by atoms with Gasteiger partial charge >= 0.3 is 12.1 Å². The van der Waals surface area contributed by atoms with Crippen LogP contribution < -0.4 is 4.90 Å². The molecule has 9 heteroatoms. The van der Waals surface area contributed by atoms with E-state index in [4.69, 9.17) is 11.6 Å². The number of likely N-dealkylation sites (tertiary alicyclic amines) is 1. The van der Waals surface area contributed by atoms with Gasteiger partial charge in [-0.25, -0.2) is 0 Å². The maximum Gasteiger partial charge on any atom is 0.471 e. The number of benzene rings is 1. The Kier molecular flexibility index (Phi) is 4.13. The number of nitrogens with zero attached hydrogens (tertiary/aromatic N) is 2. The Balaban J connectivity index is 1.48. The summed E-state index contributed by atoms with van der Waals surface area (Å²) >= 11 is 6.04. The number of alkyl halides is 3. The smallest absolute Gasteiger partial charge is 0.286 e. The SMILES string of the molecule is Cc1ccc(N(CN2C(=O)[C@@H]3[C@H]4C=C[C@@H]([C@@H]5C[C@@H]45)[C@H]3C2=O)C(=O)C(F)(F)F)cc1Cl. The molecule has 0 aromatic heterocycles. The average Bonchev–Trinajstić information content (AvgIpc) is 3.47. The average molecular weight is 439 g/mol. The third-order valence-corrected chi connectivity index (χ3v) is 7.40. The minimum absolute atomic E-state index is 0.0490. The van der Waals surface area contributed by atoms with E-state index in [1.807, 2.05) is 12.2 Å². The first-order valence-corrected chi connectivity index (χ1v) is 10.2. The van der Waals surface area contributed by atoms with Crippen LogP contribution in [0.15, 0.2) is 30.4 Å². The Morgan fingerprint density at radius 2 is 1.70 bits per heavy atom. The highest BCUT2D eigenvalue weighted by Crippen LogP contribution is 2.65. The second-order valence-corrected chi connectivity index (χ2v) is 8.97. The molecular formula is C21H18ClF3N2O3. The highest BCUT2D eigenvalue weighted by atomic mass is 35.5. The number of carbonyl (C=O) groups is 3. The zero-order valence-corrected chi connectivity index (χ0v) is 16.7. The number of anilines is 1. The summed E-state index contributed by atoms with van der Waals surface area (Å²) in [5.74, 6) is -3.56. The lowest BCUT2D eigenvalue weighted by Crippen LogP contribution is -2.49. The summed E-state index contributed by atoms with van der Waals surface area (Å²) in [5, 5.41) is 0.183. The maximum atomic E-state index is 13.3. The number of rotatable bonds is 3. The van der Waals surface area contributed by atoms with Crippen molar-refractivity contribution in [2.24, 2.45) is 35.5 Å². The van der Waals surface area contributed by atoms with Gasteiger partial charge in [-0.2, -0.15) is 13.2 Å². The van der Waals surface area contributed by atoms with Gasteiger partial charge in [-0.05, 0) is 54.7 Å². The number of amides is 3. The van der Waals surface area contributed by atoms with Crippen molar-refractivity contribution >= 4 is 35.0 Å². The van der Waals surface area contributed by atoms with Gasteiger partial charge in [0.15, 0.2) is 0 Å². The Hall–Kier alpha value is -2.35. The molecule has 2 saturated carbocycles. The van der Waals surface area contributed by atoms with Gasteiger partial charge < -0.3 is 0 Å². The topological polar surface area (TPSA) is 57.7 Å². The molecule has 5 nitrogen and oxygen atoms in total. The molecule has 6 atom stereocenters. The molecule has 0 spiro atoms. The second-order valence-electron chi connectivity index (χ2n) is 8.56. The predicted octanol–water partition coefficient (Wildman–Crippen LogP) is 3.55. The third-order valence-electron chi connectivity index (χ3n) is 6.99. The number of hydrogen-bond donors (Lipinski definition) is 0. The fourth-order valence-electron chi connectivity index (χ4n) is 5.47. The van der Waals surface area contributed by atoms with Gasteiger partial charge in [0.2, 0.25) is 11.8 Å². The number of halogens is 4. The monoisotopic (exact) mass is 438 g/mol. The fourth-order valence-corrected chi connectivity index (χ4v) is 5.64. The predicted molar refractivity (Wildman–Crippen MR) is 101 cm³/mol. The van der Waals surface area contributed by atoms with Crippen molar-refractivity contribution in [3.63, 3.8) is 0 Å². The maximum absolute atomic E-state index is 13.3. The first-order valence-electron chi connectivity index (χ1n) is 9.78. The highest BCUT2D eigenvalue weighted by Gasteiger charge is 2.67. The molecule has 158 valence electrons. The highest BCUT2D eigenvalue weighted by molar-refractivity contribution is 6.31. The molecule has 1 heterocycles. The molecule has 0 unspecified atom stereocenters. The molecule has 0 N–H and O–H groups in total. The summed E-state index contributed by atoms with van der Waals surface area (Å²) in [6.45, 7) is 0.894. The Morgan fingerprint density at radius 3 is 2.20 bits per heavy atom. The van der Waals surface area contributed by atoms with E-state index in [2.05, 4.69) is 0 Å². The Morgan fingerprint density at radius 1 is 1.13 bits per heavy atom.